The second-order valence-corrected chi connectivity index (χ2v) is 9.89. The lowest BCUT2D eigenvalue weighted by atomic mass is 10.0. The quantitative estimate of drug-likeness (QED) is 0.226. The molecule has 3 aromatic rings. The van der Waals surface area contributed by atoms with Gasteiger partial charge in [-0.2, -0.15) is 0 Å². The van der Waals surface area contributed by atoms with Crippen LogP contribution in [0.1, 0.15) is 54.9 Å². The van der Waals surface area contributed by atoms with Crippen molar-refractivity contribution in [3.8, 4) is 0 Å². The van der Waals surface area contributed by atoms with Crippen molar-refractivity contribution in [2.45, 2.75) is 63.2 Å². The minimum Gasteiger partial charge on any atom is -0.453 e. The second kappa shape index (κ2) is 13.5. The zero-order valence-electron chi connectivity index (χ0n) is 21.3. The number of aliphatic hydroxyl groups is 1. The van der Waals surface area contributed by atoms with Crippen LogP contribution in [0.5, 0.6) is 0 Å². The fourth-order valence-electron chi connectivity index (χ4n) is 3.98. The molecule has 1 aromatic heterocycles. The van der Waals surface area contributed by atoms with E-state index in [1.54, 1.807) is 18.5 Å². The minimum atomic E-state index is -0.852. The van der Waals surface area contributed by atoms with Crippen LogP contribution >= 0.6 is 11.8 Å². The number of carbonyl (C=O) groups excluding carboxylic acids is 2. The molecule has 4 rings (SSSR count). The molecular weight excluding hydrogens is 506 g/mol. The zero-order valence-corrected chi connectivity index (χ0v) is 22.1. The number of esters is 1. The first-order valence-electron chi connectivity index (χ1n) is 12.4. The predicted octanol–water partition coefficient (Wildman–Crippen LogP) is 3.87. The van der Waals surface area contributed by atoms with Gasteiger partial charge in [0.05, 0.1) is 18.8 Å². The Morgan fingerprint density at radius 2 is 1.71 bits per heavy atom. The van der Waals surface area contributed by atoms with E-state index >= 15 is 0 Å². The van der Waals surface area contributed by atoms with Gasteiger partial charge >= 0.3 is 5.97 Å². The third-order valence-electron chi connectivity index (χ3n) is 5.99. The molecule has 200 valence electrons. The van der Waals surface area contributed by atoms with Gasteiger partial charge in [-0.25, -0.2) is 9.97 Å². The number of thioether (sulfide) groups is 1. The maximum Gasteiger partial charge on any atom is 0.303 e. The maximum absolute atomic E-state index is 12.1. The molecule has 1 amide bonds. The van der Waals surface area contributed by atoms with Crippen LogP contribution < -0.4 is 5.32 Å². The molecule has 1 fully saturated rings. The van der Waals surface area contributed by atoms with Crippen molar-refractivity contribution in [2.75, 3.05) is 5.75 Å². The average molecular weight is 538 g/mol. The number of aromatic nitrogens is 2. The van der Waals surface area contributed by atoms with Gasteiger partial charge in [0, 0.05) is 43.6 Å². The number of ether oxygens (including phenoxy) is 3. The molecule has 2 aromatic carbocycles. The molecule has 0 saturated carbocycles. The summed E-state index contributed by atoms with van der Waals surface area (Å²) in [5.41, 5.74) is 3.60. The largest absolute Gasteiger partial charge is 0.453 e. The molecule has 2 heterocycles. The van der Waals surface area contributed by atoms with E-state index < -0.39 is 18.4 Å². The highest BCUT2D eigenvalue weighted by Crippen LogP contribution is 2.39. The van der Waals surface area contributed by atoms with E-state index in [2.05, 4.69) is 15.3 Å². The van der Waals surface area contributed by atoms with Crippen molar-refractivity contribution in [1.29, 1.82) is 0 Å². The van der Waals surface area contributed by atoms with E-state index in [-0.39, 0.29) is 24.7 Å². The monoisotopic (exact) mass is 537 g/mol. The number of hydrogen-bond acceptors (Lipinski definition) is 9. The molecule has 0 spiro atoms. The molecule has 2 N–H and O–H groups in total. The summed E-state index contributed by atoms with van der Waals surface area (Å²) in [5.74, 6) is -0.194. The first-order chi connectivity index (χ1) is 18.4. The molecule has 0 radical (unpaired) electrons. The maximum atomic E-state index is 12.1. The summed E-state index contributed by atoms with van der Waals surface area (Å²) in [7, 11) is 0. The van der Waals surface area contributed by atoms with Crippen LogP contribution in [-0.4, -0.2) is 44.9 Å². The SMILES string of the molecule is CC(=O)O[C@@H](C)C(=O)NCc1ccc([C@H]2O[C@@H](CSc3ncccn3)C[C@@H](c3ccc(CO)cc3)O2)cc1. The first-order valence-corrected chi connectivity index (χ1v) is 13.3. The Bertz CT molecular complexity index is 1190. The zero-order chi connectivity index (χ0) is 26.9. The molecular formula is C28H31N3O6S. The Kier molecular flexibility index (Phi) is 9.83. The number of amides is 1. The third-order valence-corrected chi connectivity index (χ3v) is 6.99. The number of hydrogen-bond donors (Lipinski definition) is 2. The summed E-state index contributed by atoms with van der Waals surface area (Å²) in [4.78, 5) is 31.8. The van der Waals surface area contributed by atoms with Crippen LogP contribution in [-0.2, 0) is 37.0 Å². The van der Waals surface area contributed by atoms with Crippen molar-refractivity contribution in [3.05, 3.63) is 89.2 Å². The van der Waals surface area contributed by atoms with Crippen molar-refractivity contribution in [3.63, 3.8) is 0 Å². The fourth-order valence-corrected chi connectivity index (χ4v) is 4.80. The third kappa shape index (κ3) is 7.84. The van der Waals surface area contributed by atoms with Crippen LogP contribution in [0.25, 0.3) is 0 Å². The summed E-state index contributed by atoms with van der Waals surface area (Å²) >= 11 is 1.54. The average Bonchev–Trinajstić information content (AvgIpc) is 2.95. The van der Waals surface area contributed by atoms with Crippen LogP contribution in [0.15, 0.2) is 72.1 Å². The van der Waals surface area contributed by atoms with Gasteiger partial charge in [0.1, 0.15) is 0 Å². The molecule has 1 aliphatic heterocycles. The minimum absolute atomic E-state index is 0.0106. The fraction of sp³-hybridized carbons (Fsp3) is 0.357. The molecule has 9 nitrogen and oxygen atoms in total. The Morgan fingerprint density at radius 3 is 2.37 bits per heavy atom. The summed E-state index contributed by atoms with van der Waals surface area (Å²) in [6.07, 6.45) is 2.37. The Labute approximate surface area is 225 Å². The van der Waals surface area contributed by atoms with Gasteiger partial charge in [0.15, 0.2) is 17.6 Å². The van der Waals surface area contributed by atoms with Crippen molar-refractivity contribution >= 4 is 23.6 Å². The van der Waals surface area contributed by atoms with E-state index in [1.807, 2.05) is 48.5 Å². The van der Waals surface area contributed by atoms with Gasteiger partial charge in [-0.15, -0.1) is 0 Å². The standard InChI is InChI=1S/C28H31N3O6S/c1-18(35-19(2)33)26(34)31-15-20-4-10-23(11-5-20)27-36-24(17-38-28-29-12-3-13-30-28)14-25(37-27)22-8-6-21(16-32)7-9-22/h3-13,18,24-25,27,32H,14-17H2,1-2H3,(H,31,34)/t18-,24+,25-,27-/m0/s1. The van der Waals surface area contributed by atoms with E-state index in [0.29, 0.717) is 23.9 Å². The van der Waals surface area contributed by atoms with E-state index in [9.17, 15) is 14.7 Å². The first kappa shape index (κ1) is 27.7. The van der Waals surface area contributed by atoms with Gasteiger partial charge in [-0.3, -0.25) is 9.59 Å². The Morgan fingerprint density at radius 1 is 1.05 bits per heavy atom. The van der Waals surface area contributed by atoms with Gasteiger partial charge < -0.3 is 24.6 Å². The number of nitrogens with zero attached hydrogens (tertiary/aromatic N) is 2. The molecule has 0 bridgehead atoms. The van der Waals surface area contributed by atoms with Crippen molar-refractivity contribution in [1.82, 2.24) is 15.3 Å². The summed E-state index contributed by atoms with van der Waals surface area (Å²) in [6, 6.07) is 17.2. The van der Waals surface area contributed by atoms with Gasteiger partial charge in [0.2, 0.25) is 0 Å². The molecule has 1 saturated heterocycles. The highest BCUT2D eigenvalue weighted by atomic mass is 32.2. The summed E-state index contributed by atoms with van der Waals surface area (Å²) in [6.45, 7) is 3.09. The Hall–Kier alpha value is -3.31. The predicted molar refractivity (Wildman–Crippen MR) is 141 cm³/mol. The van der Waals surface area contributed by atoms with Gasteiger partial charge in [-0.05, 0) is 29.7 Å². The lowest BCUT2D eigenvalue weighted by Crippen LogP contribution is -2.35. The molecule has 4 atom stereocenters. The summed E-state index contributed by atoms with van der Waals surface area (Å²) < 4.78 is 17.6. The Balaban J connectivity index is 1.43. The number of carbonyl (C=O) groups is 2. The summed E-state index contributed by atoms with van der Waals surface area (Å²) in [5, 5.41) is 12.9. The molecule has 0 unspecified atom stereocenters. The lowest BCUT2D eigenvalue weighted by Gasteiger charge is -2.36. The molecule has 0 aliphatic carbocycles. The van der Waals surface area contributed by atoms with Gasteiger partial charge in [-0.1, -0.05) is 60.3 Å². The van der Waals surface area contributed by atoms with Crippen molar-refractivity contribution in [2.24, 2.45) is 0 Å². The van der Waals surface area contributed by atoms with E-state index in [4.69, 9.17) is 14.2 Å². The van der Waals surface area contributed by atoms with Crippen LogP contribution in [0.2, 0.25) is 0 Å². The molecule has 1 aliphatic rings. The highest BCUT2D eigenvalue weighted by molar-refractivity contribution is 7.99. The van der Waals surface area contributed by atoms with E-state index in [0.717, 1.165) is 22.3 Å². The smallest absolute Gasteiger partial charge is 0.303 e. The van der Waals surface area contributed by atoms with Crippen LogP contribution in [0, 0.1) is 0 Å². The topological polar surface area (TPSA) is 120 Å². The van der Waals surface area contributed by atoms with E-state index in [1.165, 1.54) is 25.6 Å². The number of rotatable bonds is 10. The second-order valence-electron chi connectivity index (χ2n) is 8.90. The van der Waals surface area contributed by atoms with Crippen LogP contribution in [0.3, 0.4) is 0 Å². The highest BCUT2D eigenvalue weighted by Gasteiger charge is 2.32. The number of nitrogens with one attached hydrogen (secondary N) is 1. The normalized spacial score (nSPS) is 19.9. The number of aliphatic hydroxyl groups excluding tert-OH is 1. The van der Waals surface area contributed by atoms with Gasteiger partial charge in [0.25, 0.3) is 5.91 Å². The van der Waals surface area contributed by atoms with Crippen LogP contribution in [0.4, 0.5) is 0 Å². The molecule has 10 heteroatoms. The number of benzene rings is 2. The van der Waals surface area contributed by atoms with Crippen molar-refractivity contribution < 1.29 is 28.9 Å². The molecule has 38 heavy (non-hydrogen) atoms. The lowest BCUT2D eigenvalue weighted by molar-refractivity contribution is -0.245.